The number of carboxylic acid groups (broad SMARTS) is 1. The van der Waals surface area contributed by atoms with Crippen LogP contribution in [0, 0.1) is 5.82 Å². The first kappa shape index (κ1) is 26.4. The minimum absolute atomic E-state index is 0.0275. The molecule has 10 nitrogen and oxygen atoms in total. The third-order valence-corrected chi connectivity index (χ3v) is 7.08. The molecule has 0 aliphatic carbocycles. The first-order valence-electron chi connectivity index (χ1n) is 12.2. The lowest BCUT2D eigenvalue weighted by Crippen LogP contribution is -2.30. The maximum absolute atomic E-state index is 16.1. The second-order valence-electron chi connectivity index (χ2n) is 9.07. The van der Waals surface area contributed by atoms with Gasteiger partial charge in [-0.25, -0.2) is 23.5 Å². The van der Waals surface area contributed by atoms with Crippen LogP contribution in [0.1, 0.15) is 21.7 Å². The van der Waals surface area contributed by atoms with Crippen LogP contribution < -0.4 is 5.56 Å². The molecule has 3 heterocycles. The molecule has 3 aromatic carbocycles. The van der Waals surface area contributed by atoms with Gasteiger partial charge >= 0.3 is 11.5 Å². The molecule has 0 amide bonds. The van der Waals surface area contributed by atoms with E-state index in [2.05, 4.69) is 20.5 Å². The molecule has 0 saturated heterocycles. The summed E-state index contributed by atoms with van der Waals surface area (Å²) >= 11 is 12.9. The summed E-state index contributed by atoms with van der Waals surface area (Å²) in [6, 6.07) is 18.6. The second-order valence-corrected chi connectivity index (χ2v) is 9.91. The number of halogens is 3. The lowest BCUT2D eigenvalue weighted by molar-refractivity contribution is 0.0697. The molecule has 0 saturated carbocycles. The summed E-state index contributed by atoms with van der Waals surface area (Å²) in [5, 5.41) is 20.8. The Labute approximate surface area is 240 Å². The van der Waals surface area contributed by atoms with Gasteiger partial charge in [-0.3, -0.25) is 4.79 Å². The van der Waals surface area contributed by atoms with Crippen molar-refractivity contribution >= 4 is 40.2 Å². The normalized spacial score (nSPS) is 11.3. The number of hydrogen-bond donors (Lipinski definition) is 1. The first-order chi connectivity index (χ1) is 19.8. The molecule has 0 atom stereocenters. The number of aryl methyl sites for hydroxylation is 2. The molecule has 6 aromatic rings. The zero-order valence-electron chi connectivity index (χ0n) is 20.9. The molecular weight excluding hydrogens is 572 g/mol. The Morgan fingerprint density at radius 2 is 1.80 bits per heavy atom. The van der Waals surface area contributed by atoms with E-state index in [9.17, 15) is 14.7 Å². The van der Waals surface area contributed by atoms with Gasteiger partial charge in [0.05, 0.1) is 33.5 Å². The molecule has 0 spiro atoms. The minimum atomic E-state index is -1.13. The van der Waals surface area contributed by atoms with Gasteiger partial charge in [0.25, 0.3) is 0 Å². The highest BCUT2D eigenvalue weighted by molar-refractivity contribution is 6.34. The van der Waals surface area contributed by atoms with E-state index in [1.165, 1.54) is 46.1 Å². The molecule has 1 N–H and O–H groups in total. The van der Waals surface area contributed by atoms with Crippen molar-refractivity contribution in [3.63, 3.8) is 0 Å². The van der Waals surface area contributed by atoms with Crippen molar-refractivity contribution in [2.45, 2.75) is 12.8 Å². The summed E-state index contributed by atoms with van der Waals surface area (Å²) < 4.78 is 19.9. The van der Waals surface area contributed by atoms with Crippen molar-refractivity contribution in [3.8, 4) is 16.8 Å². The molecule has 0 fully saturated rings. The molecule has 0 aliphatic heterocycles. The molecule has 0 unspecified atom stereocenters. The number of hydrogen-bond acceptors (Lipinski definition) is 6. The molecule has 0 aliphatic rings. The molecule has 6 rings (SSSR count). The lowest BCUT2D eigenvalue weighted by Gasteiger charge is -2.17. The highest BCUT2D eigenvalue weighted by atomic mass is 35.5. The summed E-state index contributed by atoms with van der Waals surface area (Å²) in [5.74, 6) is -1.84. The van der Waals surface area contributed by atoms with Crippen LogP contribution in [0.15, 0.2) is 84.0 Å². The van der Waals surface area contributed by atoms with E-state index in [0.29, 0.717) is 35.4 Å². The van der Waals surface area contributed by atoms with Crippen LogP contribution in [0.5, 0.6) is 0 Å². The summed E-state index contributed by atoms with van der Waals surface area (Å²) in [7, 11) is 0. The van der Waals surface area contributed by atoms with Gasteiger partial charge in [-0.2, -0.15) is 4.68 Å². The van der Waals surface area contributed by atoms with Gasteiger partial charge in [0, 0.05) is 22.6 Å². The Hall–Kier alpha value is -4.87. The number of imidazole rings is 1. The summed E-state index contributed by atoms with van der Waals surface area (Å²) in [5.41, 5.74) is 1.17. The van der Waals surface area contributed by atoms with Crippen molar-refractivity contribution in [2.75, 3.05) is 0 Å². The van der Waals surface area contributed by atoms with Crippen molar-refractivity contribution < 1.29 is 14.3 Å². The maximum atomic E-state index is 16.1. The molecule has 0 radical (unpaired) electrons. The fourth-order valence-corrected chi connectivity index (χ4v) is 5.12. The molecule has 13 heteroatoms. The van der Waals surface area contributed by atoms with Gasteiger partial charge in [0.2, 0.25) is 0 Å². The number of aromatic carboxylic acids is 1. The highest BCUT2D eigenvalue weighted by Gasteiger charge is 2.24. The number of carbonyl (C=O) groups is 1. The van der Waals surface area contributed by atoms with E-state index in [4.69, 9.17) is 23.2 Å². The van der Waals surface area contributed by atoms with E-state index >= 15 is 4.39 Å². The van der Waals surface area contributed by atoms with Gasteiger partial charge in [0.1, 0.15) is 12.2 Å². The van der Waals surface area contributed by atoms with Crippen LogP contribution in [0.25, 0.3) is 27.8 Å². The number of fused-ring (bicyclic) bond motifs is 1. The molecule has 204 valence electrons. The summed E-state index contributed by atoms with van der Waals surface area (Å²) in [6.07, 6.45) is 3.55. The third-order valence-electron chi connectivity index (χ3n) is 6.55. The van der Waals surface area contributed by atoms with Crippen molar-refractivity contribution in [1.82, 2.24) is 34.5 Å². The smallest absolute Gasteiger partial charge is 0.335 e. The largest absolute Gasteiger partial charge is 0.478 e. The fraction of sp³-hybridized carbons (Fsp3) is 0.0714. The molecule has 0 bridgehead atoms. The molecule has 41 heavy (non-hydrogen) atoms. The van der Waals surface area contributed by atoms with Crippen LogP contribution in [0.4, 0.5) is 4.39 Å². The average molecular weight is 590 g/mol. The van der Waals surface area contributed by atoms with E-state index in [1.54, 1.807) is 12.1 Å². The second kappa shape index (κ2) is 10.6. The number of nitrogens with zero attached hydrogens (tertiary/aromatic N) is 7. The van der Waals surface area contributed by atoms with Gasteiger partial charge < -0.3 is 5.11 Å². The Bertz CT molecular complexity index is 1990. The topological polar surface area (TPSA) is 121 Å². The molecular formula is C28H18Cl2FN7O3. The van der Waals surface area contributed by atoms with E-state index in [0.717, 1.165) is 10.2 Å². The summed E-state index contributed by atoms with van der Waals surface area (Å²) in [6.45, 7) is 0. The predicted molar refractivity (Wildman–Crippen MR) is 150 cm³/mol. The van der Waals surface area contributed by atoms with E-state index in [1.807, 2.05) is 30.3 Å². The molecule has 3 aromatic heterocycles. The van der Waals surface area contributed by atoms with Crippen molar-refractivity contribution in [3.05, 3.63) is 122 Å². The van der Waals surface area contributed by atoms with Crippen LogP contribution in [-0.4, -0.2) is 45.6 Å². The Kier molecular flexibility index (Phi) is 6.82. The predicted octanol–water partition coefficient (Wildman–Crippen LogP) is 5.08. The van der Waals surface area contributed by atoms with Crippen molar-refractivity contribution in [2.24, 2.45) is 0 Å². The minimum Gasteiger partial charge on any atom is -0.478 e. The standard InChI is InChI=1S/C28H18Cl2FN7O3/c29-18-8-10-22(36-15-32-34-35-36)19(13-18)25-20(30)14-37(27(39)26(25)31)38-23-9-7-17(28(40)41)12-21(23)33-24(38)11-6-16-4-2-1-3-5-16/h1-5,7-10,12-15H,6,11H2,(H,40,41). The van der Waals surface area contributed by atoms with Crippen LogP contribution >= 0.6 is 23.2 Å². The van der Waals surface area contributed by atoms with Gasteiger partial charge in [-0.05, 0) is 58.8 Å². The van der Waals surface area contributed by atoms with E-state index < -0.39 is 17.3 Å². The third kappa shape index (κ3) is 4.85. The quantitative estimate of drug-likeness (QED) is 0.275. The Balaban J connectivity index is 1.54. The Morgan fingerprint density at radius 1 is 1.00 bits per heavy atom. The number of pyridine rings is 1. The zero-order valence-corrected chi connectivity index (χ0v) is 22.5. The monoisotopic (exact) mass is 589 g/mol. The van der Waals surface area contributed by atoms with Gasteiger partial charge in [0.15, 0.2) is 5.82 Å². The number of aromatic nitrogens is 7. The SMILES string of the molecule is O=C(O)c1ccc2c(c1)nc(CCc1ccccc1)n2-n1cc(Cl)c(-c2cc(Cl)ccc2-n2cnnn2)c(F)c1=O. The highest BCUT2D eigenvalue weighted by Crippen LogP contribution is 2.35. The van der Waals surface area contributed by atoms with Crippen LogP contribution in [0.3, 0.4) is 0 Å². The lowest BCUT2D eigenvalue weighted by atomic mass is 10.0. The van der Waals surface area contributed by atoms with Gasteiger partial charge in [-0.1, -0.05) is 53.5 Å². The maximum Gasteiger partial charge on any atom is 0.335 e. The number of benzene rings is 3. The Morgan fingerprint density at radius 3 is 2.54 bits per heavy atom. The van der Waals surface area contributed by atoms with E-state index in [-0.39, 0.29) is 26.7 Å². The average Bonchev–Trinajstić information content (AvgIpc) is 3.62. The zero-order chi connectivity index (χ0) is 28.7. The van der Waals surface area contributed by atoms with Crippen molar-refractivity contribution in [1.29, 1.82) is 0 Å². The van der Waals surface area contributed by atoms with Crippen LogP contribution in [0.2, 0.25) is 10.0 Å². The fourth-order valence-electron chi connectivity index (χ4n) is 4.67. The number of tetrazole rings is 1. The summed E-state index contributed by atoms with van der Waals surface area (Å²) in [4.78, 5) is 29.9. The first-order valence-corrected chi connectivity index (χ1v) is 13.0. The van der Waals surface area contributed by atoms with Gasteiger partial charge in [-0.15, -0.1) is 5.10 Å². The number of rotatable bonds is 7. The number of carboxylic acids is 1. The van der Waals surface area contributed by atoms with Crippen LogP contribution in [-0.2, 0) is 12.8 Å².